The average molecular weight is 219 g/mol. The first-order valence-electron chi connectivity index (χ1n) is 3.94. The van der Waals surface area contributed by atoms with Gasteiger partial charge in [0.1, 0.15) is 0 Å². The highest BCUT2D eigenvalue weighted by molar-refractivity contribution is 6.39. The monoisotopic (exact) mass is 218 g/mol. The summed E-state index contributed by atoms with van der Waals surface area (Å²) >= 11 is 12.2. The lowest BCUT2D eigenvalue weighted by atomic mass is 10.2. The number of pyridine rings is 1. The Morgan fingerprint density at radius 3 is 1.69 bits per heavy atom. The molecule has 0 spiro atoms. The molecule has 1 heterocycles. The van der Waals surface area contributed by atoms with E-state index in [1.807, 2.05) is 32.8 Å². The summed E-state index contributed by atoms with van der Waals surface area (Å²) in [7, 11) is 3.82. The van der Waals surface area contributed by atoms with E-state index in [9.17, 15) is 0 Å². The quantitative estimate of drug-likeness (QED) is 0.721. The van der Waals surface area contributed by atoms with E-state index >= 15 is 0 Å². The Labute approximate surface area is 88.5 Å². The molecule has 0 N–H and O–H groups in total. The molecule has 0 unspecified atom stereocenters. The molecule has 1 rings (SSSR count). The van der Waals surface area contributed by atoms with Crippen molar-refractivity contribution >= 4 is 28.9 Å². The van der Waals surface area contributed by atoms with Crippen molar-refractivity contribution in [3.05, 3.63) is 21.4 Å². The van der Waals surface area contributed by atoms with Crippen LogP contribution in [0, 0.1) is 13.8 Å². The van der Waals surface area contributed by atoms with Gasteiger partial charge < -0.3 is 4.90 Å². The summed E-state index contributed by atoms with van der Waals surface area (Å²) in [6.45, 7) is 3.75. The molecular weight excluding hydrogens is 207 g/mol. The highest BCUT2D eigenvalue weighted by Crippen LogP contribution is 2.35. The van der Waals surface area contributed by atoms with Crippen LogP contribution in [0.2, 0.25) is 10.0 Å². The van der Waals surface area contributed by atoms with Crippen LogP contribution in [0.4, 0.5) is 5.69 Å². The van der Waals surface area contributed by atoms with Gasteiger partial charge in [0, 0.05) is 14.1 Å². The van der Waals surface area contributed by atoms with Gasteiger partial charge in [0.05, 0.1) is 27.1 Å². The van der Waals surface area contributed by atoms with Crippen LogP contribution in [0.25, 0.3) is 0 Å². The van der Waals surface area contributed by atoms with E-state index in [2.05, 4.69) is 4.98 Å². The van der Waals surface area contributed by atoms with Crippen molar-refractivity contribution in [1.29, 1.82) is 0 Å². The molecule has 0 aromatic carbocycles. The number of hydrogen-bond donors (Lipinski definition) is 0. The smallest absolute Gasteiger partial charge is 0.0867 e. The van der Waals surface area contributed by atoms with Crippen LogP contribution in [0.3, 0.4) is 0 Å². The normalized spacial score (nSPS) is 10.3. The van der Waals surface area contributed by atoms with Crippen molar-refractivity contribution in [2.45, 2.75) is 13.8 Å². The maximum absolute atomic E-state index is 6.08. The Kier molecular flexibility index (Phi) is 3.04. The van der Waals surface area contributed by atoms with Crippen molar-refractivity contribution < 1.29 is 0 Å². The number of rotatable bonds is 1. The Morgan fingerprint density at radius 1 is 1.00 bits per heavy atom. The standard InChI is InChI=1S/C9H12Cl2N2/c1-5-7(10)9(13(3)4)8(11)6(2)12-5/h1-4H3. The zero-order valence-corrected chi connectivity index (χ0v) is 9.66. The fourth-order valence-electron chi connectivity index (χ4n) is 1.18. The lowest BCUT2D eigenvalue weighted by Crippen LogP contribution is -2.11. The molecule has 2 nitrogen and oxygen atoms in total. The average Bonchev–Trinajstić information content (AvgIpc) is 2.01. The molecule has 1 aromatic heterocycles. The predicted molar refractivity (Wildman–Crippen MR) is 58.1 cm³/mol. The van der Waals surface area contributed by atoms with Gasteiger partial charge in [-0.1, -0.05) is 23.2 Å². The number of anilines is 1. The topological polar surface area (TPSA) is 16.1 Å². The van der Waals surface area contributed by atoms with Gasteiger partial charge in [-0.05, 0) is 13.8 Å². The molecule has 1 aromatic rings. The van der Waals surface area contributed by atoms with Crippen molar-refractivity contribution in [3.63, 3.8) is 0 Å². The number of nitrogens with zero attached hydrogens (tertiary/aromatic N) is 2. The fraction of sp³-hybridized carbons (Fsp3) is 0.444. The van der Waals surface area contributed by atoms with E-state index in [0.717, 1.165) is 17.1 Å². The molecule has 0 aliphatic heterocycles. The van der Waals surface area contributed by atoms with Crippen molar-refractivity contribution in [2.24, 2.45) is 0 Å². The maximum Gasteiger partial charge on any atom is 0.0867 e. The first-order valence-corrected chi connectivity index (χ1v) is 4.70. The Bertz CT molecular complexity index is 309. The van der Waals surface area contributed by atoms with Crippen LogP contribution < -0.4 is 4.90 Å². The van der Waals surface area contributed by atoms with Crippen molar-refractivity contribution in [1.82, 2.24) is 4.98 Å². The summed E-state index contributed by atoms with van der Waals surface area (Å²) in [6.07, 6.45) is 0. The second-order valence-corrected chi connectivity index (χ2v) is 3.91. The first kappa shape index (κ1) is 10.6. The summed E-state index contributed by atoms with van der Waals surface area (Å²) in [5.74, 6) is 0. The van der Waals surface area contributed by atoms with Crippen LogP contribution in [0.5, 0.6) is 0 Å². The lowest BCUT2D eigenvalue weighted by molar-refractivity contribution is 1.07. The number of aryl methyl sites for hydroxylation is 2. The largest absolute Gasteiger partial charge is 0.375 e. The highest BCUT2D eigenvalue weighted by Gasteiger charge is 2.13. The van der Waals surface area contributed by atoms with E-state index in [1.165, 1.54) is 0 Å². The van der Waals surface area contributed by atoms with Gasteiger partial charge in [-0.25, -0.2) is 0 Å². The van der Waals surface area contributed by atoms with E-state index in [-0.39, 0.29) is 0 Å². The lowest BCUT2D eigenvalue weighted by Gasteiger charge is -2.18. The fourth-order valence-corrected chi connectivity index (χ4v) is 1.84. The molecule has 0 radical (unpaired) electrons. The van der Waals surface area contributed by atoms with E-state index in [0.29, 0.717) is 10.0 Å². The summed E-state index contributed by atoms with van der Waals surface area (Å²) in [5.41, 5.74) is 2.47. The Morgan fingerprint density at radius 2 is 1.38 bits per heavy atom. The molecule has 0 fully saturated rings. The van der Waals surface area contributed by atoms with Gasteiger partial charge in [0.25, 0.3) is 0 Å². The molecule has 0 saturated heterocycles. The maximum atomic E-state index is 6.08. The Hall–Kier alpha value is -0.470. The van der Waals surface area contributed by atoms with Gasteiger partial charge >= 0.3 is 0 Å². The van der Waals surface area contributed by atoms with Gasteiger partial charge in [-0.15, -0.1) is 0 Å². The number of aromatic nitrogens is 1. The minimum absolute atomic E-state index is 0.626. The van der Waals surface area contributed by atoms with E-state index in [1.54, 1.807) is 0 Å². The molecule has 0 atom stereocenters. The van der Waals surface area contributed by atoms with Crippen LogP contribution in [0.15, 0.2) is 0 Å². The second kappa shape index (κ2) is 3.72. The third kappa shape index (κ3) is 1.89. The Balaban J connectivity index is 3.46. The molecule has 0 amide bonds. The molecule has 0 aliphatic carbocycles. The molecule has 72 valence electrons. The third-order valence-corrected chi connectivity index (χ3v) is 2.74. The van der Waals surface area contributed by atoms with Crippen LogP contribution in [-0.4, -0.2) is 19.1 Å². The summed E-state index contributed by atoms with van der Waals surface area (Å²) in [5, 5.41) is 1.25. The SMILES string of the molecule is Cc1nc(C)c(Cl)c(N(C)C)c1Cl. The van der Waals surface area contributed by atoms with Gasteiger partial charge in [0.15, 0.2) is 0 Å². The minimum atomic E-state index is 0.626. The van der Waals surface area contributed by atoms with Gasteiger partial charge in [-0.2, -0.15) is 0 Å². The summed E-state index contributed by atoms with van der Waals surface area (Å²) in [4.78, 5) is 6.12. The molecule has 0 aliphatic rings. The number of hydrogen-bond acceptors (Lipinski definition) is 2. The van der Waals surface area contributed by atoms with Gasteiger partial charge in [-0.3, -0.25) is 4.98 Å². The van der Waals surface area contributed by atoms with E-state index < -0.39 is 0 Å². The predicted octanol–water partition coefficient (Wildman–Crippen LogP) is 3.07. The number of halogens is 2. The second-order valence-electron chi connectivity index (χ2n) is 3.15. The zero-order valence-electron chi connectivity index (χ0n) is 8.15. The first-order chi connectivity index (χ1) is 5.95. The highest BCUT2D eigenvalue weighted by atomic mass is 35.5. The zero-order chi connectivity index (χ0) is 10.2. The van der Waals surface area contributed by atoms with Crippen molar-refractivity contribution in [2.75, 3.05) is 19.0 Å². The third-order valence-electron chi connectivity index (χ3n) is 1.83. The summed E-state index contributed by atoms with van der Waals surface area (Å²) < 4.78 is 0. The summed E-state index contributed by atoms with van der Waals surface area (Å²) in [6, 6.07) is 0. The molecule has 0 bridgehead atoms. The molecule has 13 heavy (non-hydrogen) atoms. The molecule has 4 heteroatoms. The van der Waals surface area contributed by atoms with Crippen LogP contribution >= 0.6 is 23.2 Å². The molecule has 0 saturated carbocycles. The van der Waals surface area contributed by atoms with Crippen molar-refractivity contribution in [3.8, 4) is 0 Å². The van der Waals surface area contributed by atoms with Crippen LogP contribution in [0.1, 0.15) is 11.4 Å². The van der Waals surface area contributed by atoms with Crippen LogP contribution in [-0.2, 0) is 0 Å². The minimum Gasteiger partial charge on any atom is -0.375 e. The van der Waals surface area contributed by atoms with Gasteiger partial charge in [0.2, 0.25) is 0 Å². The molecular formula is C9H12Cl2N2. The van der Waals surface area contributed by atoms with E-state index in [4.69, 9.17) is 23.2 Å².